The molecule has 0 aliphatic carbocycles. The summed E-state index contributed by atoms with van der Waals surface area (Å²) in [5.41, 5.74) is 6.83. The molecule has 0 radical (unpaired) electrons. The van der Waals surface area contributed by atoms with E-state index >= 15 is 0 Å². The molecule has 0 spiro atoms. The highest BCUT2D eigenvalue weighted by Gasteiger charge is 2.34. The van der Waals surface area contributed by atoms with Gasteiger partial charge in [0.25, 0.3) is 5.91 Å². The lowest BCUT2D eigenvalue weighted by molar-refractivity contribution is -0.143. The summed E-state index contributed by atoms with van der Waals surface area (Å²) in [4.78, 5) is 30.2. The molecule has 34 heavy (non-hydrogen) atoms. The Hall–Kier alpha value is -3.92. The summed E-state index contributed by atoms with van der Waals surface area (Å²) in [6, 6.07) is 17.0. The zero-order valence-corrected chi connectivity index (χ0v) is 18.9. The van der Waals surface area contributed by atoms with Crippen molar-refractivity contribution in [2.75, 3.05) is 43.8 Å². The number of amides is 1. The largest absolute Gasteiger partial charge is 0.485 e. The predicted molar refractivity (Wildman–Crippen MR) is 127 cm³/mol. The van der Waals surface area contributed by atoms with E-state index in [4.69, 9.17) is 15.2 Å². The second-order valence-corrected chi connectivity index (χ2v) is 8.27. The van der Waals surface area contributed by atoms with E-state index in [1.54, 1.807) is 0 Å². The van der Waals surface area contributed by atoms with Crippen LogP contribution in [0.3, 0.4) is 0 Å². The molecule has 3 N–H and O–H groups in total. The van der Waals surface area contributed by atoms with Gasteiger partial charge in [-0.05, 0) is 31.2 Å². The fraction of sp³-hybridized carbons (Fsp3) is 0.333. The topological polar surface area (TPSA) is 119 Å². The highest BCUT2D eigenvalue weighted by Crippen LogP contribution is 2.31. The van der Waals surface area contributed by atoms with Crippen molar-refractivity contribution in [1.82, 2.24) is 24.8 Å². The first kappa shape index (κ1) is 21.9. The molecule has 5 rings (SSSR count). The number of carbonyl (C=O) groups is 1. The Morgan fingerprint density at radius 1 is 1.00 bits per heavy atom. The normalized spacial score (nSPS) is 18.9. The molecule has 2 aliphatic rings. The van der Waals surface area contributed by atoms with E-state index in [1.165, 1.54) is 0 Å². The fourth-order valence-corrected chi connectivity index (χ4v) is 4.14. The molecule has 176 valence electrons. The van der Waals surface area contributed by atoms with Gasteiger partial charge in [0, 0.05) is 31.9 Å². The van der Waals surface area contributed by atoms with E-state index in [1.807, 2.05) is 66.4 Å². The molecule has 1 fully saturated rings. The van der Waals surface area contributed by atoms with Crippen molar-refractivity contribution in [2.45, 2.75) is 19.1 Å². The Balaban J connectivity index is 1.20. The van der Waals surface area contributed by atoms with Crippen LogP contribution in [0.15, 0.2) is 54.6 Å². The summed E-state index contributed by atoms with van der Waals surface area (Å²) < 4.78 is 11.6. The first-order chi connectivity index (χ1) is 16.6. The van der Waals surface area contributed by atoms with Crippen LogP contribution >= 0.6 is 0 Å². The minimum atomic E-state index is -0.631. The Morgan fingerprint density at radius 3 is 2.47 bits per heavy atom. The first-order valence-electron chi connectivity index (χ1n) is 11.3. The minimum absolute atomic E-state index is 0.0550. The van der Waals surface area contributed by atoms with Crippen LogP contribution in [0.2, 0.25) is 0 Å². The van der Waals surface area contributed by atoms with Crippen molar-refractivity contribution in [3.8, 4) is 11.5 Å². The van der Waals surface area contributed by atoms with Gasteiger partial charge in [0.2, 0.25) is 18.0 Å². The molecule has 0 saturated carbocycles. The molecule has 10 nitrogen and oxygen atoms in total. The van der Waals surface area contributed by atoms with Crippen molar-refractivity contribution in [2.24, 2.45) is 0 Å². The molecule has 3 aromatic rings. The average molecular weight is 462 g/mol. The molecule has 2 aliphatic heterocycles. The number of hydrogen-bond acceptors (Lipinski definition) is 9. The molecule has 3 heterocycles. The second kappa shape index (κ2) is 9.52. The molecular weight excluding hydrogens is 434 g/mol. The first-order valence-corrected chi connectivity index (χ1v) is 11.3. The molecule has 1 aromatic heterocycles. The molecule has 0 bridgehead atoms. The number of aromatic nitrogens is 3. The number of carbonyl (C=O) groups excluding carboxylic acids is 1. The van der Waals surface area contributed by atoms with E-state index in [0.717, 1.165) is 5.69 Å². The second-order valence-electron chi connectivity index (χ2n) is 8.27. The van der Waals surface area contributed by atoms with Crippen LogP contribution in [0.5, 0.6) is 11.5 Å². The Labute approximate surface area is 197 Å². The van der Waals surface area contributed by atoms with Crippen LogP contribution in [0.1, 0.15) is 18.8 Å². The van der Waals surface area contributed by atoms with Gasteiger partial charge in [0.1, 0.15) is 6.61 Å². The molecule has 2 atom stereocenters. The number of nitrogens with zero attached hydrogens (tertiary/aromatic N) is 5. The van der Waals surface area contributed by atoms with Crippen molar-refractivity contribution < 1.29 is 14.3 Å². The highest BCUT2D eigenvalue weighted by molar-refractivity contribution is 5.82. The Bertz CT molecular complexity index is 1150. The lowest BCUT2D eigenvalue weighted by atomic mass is 10.2. The maximum Gasteiger partial charge on any atom is 0.267 e. The minimum Gasteiger partial charge on any atom is -0.485 e. The van der Waals surface area contributed by atoms with Gasteiger partial charge in [-0.1, -0.05) is 30.3 Å². The number of piperazine rings is 1. The average Bonchev–Trinajstić information content (AvgIpc) is 2.88. The maximum absolute atomic E-state index is 13.0. The summed E-state index contributed by atoms with van der Waals surface area (Å²) >= 11 is 0. The molecule has 2 aromatic carbocycles. The number of nitrogens with one attached hydrogen (secondary N) is 1. The highest BCUT2D eigenvalue weighted by atomic mass is 16.6. The number of fused-ring (bicyclic) bond motifs is 1. The van der Waals surface area contributed by atoms with Crippen LogP contribution in [0.25, 0.3) is 0 Å². The SMILES string of the molecule is CC(c1nc(N)nc(Nc2ccccc2)n1)N1CCN(C(=O)C2COc3ccccc3O2)CC1. The third-order valence-electron chi connectivity index (χ3n) is 6.03. The van der Waals surface area contributed by atoms with Crippen LogP contribution in [0, 0.1) is 0 Å². The fourth-order valence-electron chi connectivity index (χ4n) is 4.14. The number of nitrogens with two attached hydrogens (primary N) is 1. The van der Waals surface area contributed by atoms with Gasteiger partial charge in [0.15, 0.2) is 17.3 Å². The summed E-state index contributed by atoms with van der Waals surface area (Å²) in [6.45, 7) is 4.79. The lowest BCUT2D eigenvalue weighted by Gasteiger charge is -2.39. The van der Waals surface area contributed by atoms with E-state index in [0.29, 0.717) is 49.5 Å². The van der Waals surface area contributed by atoms with Crippen LogP contribution in [0.4, 0.5) is 17.6 Å². The van der Waals surface area contributed by atoms with Gasteiger partial charge in [-0.25, -0.2) is 0 Å². The number of rotatable bonds is 5. The van der Waals surface area contributed by atoms with Gasteiger partial charge in [0.05, 0.1) is 6.04 Å². The smallest absolute Gasteiger partial charge is 0.267 e. The zero-order valence-electron chi connectivity index (χ0n) is 18.9. The van der Waals surface area contributed by atoms with E-state index in [-0.39, 0.29) is 24.5 Å². The summed E-state index contributed by atoms with van der Waals surface area (Å²) in [7, 11) is 0. The Morgan fingerprint density at radius 2 is 1.71 bits per heavy atom. The van der Waals surface area contributed by atoms with Gasteiger partial charge in [-0.3, -0.25) is 9.69 Å². The van der Waals surface area contributed by atoms with Gasteiger partial charge in [-0.15, -0.1) is 0 Å². The number of benzene rings is 2. The van der Waals surface area contributed by atoms with Crippen LogP contribution in [-0.4, -0.2) is 69.5 Å². The number of para-hydroxylation sites is 3. The lowest BCUT2D eigenvalue weighted by Crippen LogP contribution is -2.54. The van der Waals surface area contributed by atoms with Crippen molar-refractivity contribution in [3.63, 3.8) is 0 Å². The summed E-state index contributed by atoms with van der Waals surface area (Å²) in [6.07, 6.45) is -0.631. The summed E-state index contributed by atoms with van der Waals surface area (Å²) in [5.74, 6) is 2.38. The van der Waals surface area contributed by atoms with E-state index in [9.17, 15) is 4.79 Å². The predicted octanol–water partition coefficient (Wildman–Crippen LogP) is 2.24. The van der Waals surface area contributed by atoms with Gasteiger partial charge in [-0.2, -0.15) is 15.0 Å². The number of hydrogen-bond donors (Lipinski definition) is 2. The quantitative estimate of drug-likeness (QED) is 0.590. The van der Waals surface area contributed by atoms with Crippen LogP contribution < -0.4 is 20.5 Å². The van der Waals surface area contributed by atoms with Crippen molar-refractivity contribution >= 4 is 23.5 Å². The Kier molecular flexibility index (Phi) is 6.13. The van der Waals surface area contributed by atoms with Crippen molar-refractivity contribution in [3.05, 3.63) is 60.4 Å². The van der Waals surface area contributed by atoms with Gasteiger partial charge >= 0.3 is 0 Å². The maximum atomic E-state index is 13.0. The zero-order chi connectivity index (χ0) is 23.5. The number of anilines is 3. The van der Waals surface area contributed by atoms with Crippen LogP contribution in [-0.2, 0) is 4.79 Å². The molecule has 1 amide bonds. The third kappa shape index (κ3) is 4.72. The van der Waals surface area contributed by atoms with Gasteiger partial charge < -0.3 is 25.4 Å². The molecular formula is C24H27N7O3. The number of nitrogen functional groups attached to an aromatic ring is 1. The summed E-state index contributed by atoms with van der Waals surface area (Å²) in [5, 5.41) is 3.17. The monoisotopic (exact) mass is 461 g/mol. The molecule has 2 unspecified atom stereocenters. The van der Waals surface area contributed by atoms with Crippen molar-refractivity contribution in [1.29, 1.82) is 0 Å². The third-order valence-corrected chi connectivity index (χ3v) is 6.03. The molecule has 1 saturated heterocycles. The van der Waals surface area contributed by atoms with E-state index in [2.05, 4.69) is 25.2 Å². The molecule has 10 heteroatoms. The van der Waals surface area contributed by atoms with E-state index < -0.39 is 6.10 Å². The standard InChI is InChI=1S/C24H27N7O3/c1-16(21-27-23(25)29-24(28-21)26-17-7-3-2-4-8-17)30-11-13-31(14-12-30)22(32)20-15-33-18-9-5-6-10-19(18)34-20/h2-10,16,20H,11-15H2,1H3,(H3,25,26,27,28,29). The number of ether oxygens (including phenoxy) is 2.